The van der Waals surface area contributed by atoms with Crippen LogP contribution in [0, 0.1) is 0 Å². The first-order chi connectivity index (χ1) is 15.6. The van der Waals surface area contributed by atoms with E-state index in [-0.39, 0.29) is 16.4 Å². The van der Waals surface area contributed by atoms with E-state index < -0.39 is 16.0 Å². The van der Waals surface area contributed by atoms with Gasteiger partial charge < -0.3 is 10.1 Å². The number of ether oxygens (including phenoxy) is 1. The van der Waals surface area contributed by atoms with Gasteiger partial charge in [-0.25, -0.2) is 22.5 Å². The molecule has 0 atom stereocenters. The zero-order chi connectivity index (χ0) is 24.0. The minimum atomic E-state index is -3.56. The van der Waals surface area contributed by atoms with Crippen molar-refractivity contribution in [3.63, 3.8) is 0 Å². The standard InChI is InChI=1S/C24H23N3O5S/c1-17(28)26-23-16-19(14-15-25-23)5-4-18-6-10-21(11-7-18)32-24(29)20-8-12-22(13-9-20)33(30,31)27(2)3/h4-16H,1-3H3,(H,25,26,28)/b5-4+. The Labute approximate surface area is 192 Å². The summed E-state index contributed by atoms with van der Waals surface area (Å²) in [6.07, 6.45) is 5.36. The smallest absolute Gasteiger partial charge is 0.343 e. The second-order valence-electron chi connectivity index (χ2n) is 7.26. The summed E-state index contributed by atoms with van der Waals surface area (Å²) in [5.41, 5.74) is 1.99. The fraction of sp³-hybridized carbons (Fsp3) is 0.125. The van der Waals surface area contributed by atoms with Crippen LogP contribution >= 0.6 is 0 Å². The summed E-state index contributed by atoms with van der Waals surface area (Å²) in [7, 11) is -0.682. The van der Waals surface area contributed by atoms with E-state index in [2.05, 4.69) is 10.3 Å². The summed E-state index contributed by atoms with van der Waals surface area (Å²) in [5.74, 6) is 0.0518. The van der Waals surface area contributed by atoms with Crippen LogP contribution in [0.25, 0.3) is 12.2 Å². The third kappa shape index (κ3) is 6.34. The first-order valence-corrected chi connectivity index (χ1v) is 11.4. The van der Waals surface area contributed by atoms with Crippen molar-refractivity contribution in [2.75, 3.05) is 19.4 Å². The molecule has 8 nitrogen and oxygen atoms in total. The molecule has 1 heterocycles. The highest BCUT2D eigenvalue weighted by atomic mass is 32.2. The van der Waals surface area contributed by atoms with Crippen LogP contribution in [0.5, 0.6) is 5.75 Å². The average molecular weight is 466 g/mol. The Morgan fingerprint density at radius 1 is 0.939 bits per heavy atom. The van der Waals surface area contributed by atoms with Crippen molar-refractivity contribution in [2.24, 2.45) is 0 Å². The summed E-state index contributed by atoms with van der Waals surface area (Å²) >= 11 is 0. The number of pyridine rings is 1. The molecule has 0 aliphatic heterocycles. The van der Waals surface area contributed by atoms with Crippen molar-refractivity contribution >= 4 is 39.9 Å². The number of hydrogen-bond acceptors (Lipinski definition) is 6. The van der Waals surface area contributed by atoms with Gasteiger partial charge >= 0.3 is 5.97 Å². The molecule has 0 unspecified atom stereocenters. The lowest BCUT2D eigenvalue weighted by Gasteiger charge is -2.11. The van der Waals surface area contributed by atoms with Crippen molar-refractivity contribution < 1.29 is 22.7 Å². The van der Waals surface area contributed by atoms with Gasteiger partial charge in [0, 0.05) is 27.2 Å². The predicted molar refractivity (Wildman–Crippen MR) is 126 cm³/mol. The van der Waals surface area contributed by atoms with E-state index >= 15 is 0 Å². The number of anilines is 1. The van der Waals surface area contributed by atoms with Crippen molar-refractivity contribution in [3.05, 3.63) is 83.6 Å². The third-order valence-electron chi connectivity index (χ3n) is 4.52. The number of sulfonamides is 1. The van der Waals surface area contributed by atoms with Gasteiger partial charge in [0.05, 0.1) is 10.5 Å². The van der Waals surface area contributed by atoms with E-state index in [1.54, 1.807) is 36.5 Å². The Balaban J connectivity index is 1.64. The second kappa shape index (κ2) is 10.2. The monoisotopic (exact) mass is 465 g/mol. The van der Waals surface area contributed by atoms with Crippen LogP contribution in [0.1, 0.15) is 28.4 Å². The molecule has 170 valence electrons. The molecule has 2 aromatic carbocycles. The Bertz CT molecular complexity index is 1280. The Morgan fingerprint density at radius 2 is 1.58 bits per heavy atom. The number of hydrogen-bond donors (Lipinski definition) is 1. The fourth-order valence-electron chi connectivity index (χ4n) is 2.78. The highest BCUT2D eigenvalue weighted by Gasteiger charge is 2.18. The maximum absolute atomic E-state index is 12.4. The lowest BCUT2D eigenvalue weighted by atomic mass is 10.1. The summed E-state index contributed by atoms with van der Waals surface area (Å²) in [5, 5.41) is 2.63. The van der Waals surface area contributed by atoms with E-state index in [1.807, 2.05) is 18.2 Å². The predicted octanol–water partition coefficient (Wildman–Crippen LogP) is 3.68. The molecule has 0 saturated carbocycles. The van der Waals surface area contributed by atoms with Crippen LogP contribution in [0.15, 0.2) is 71.8 Å². The van der Waals surface area contributed by atoms with Crippen molar-refractivity contribution in [1.29, 1.82) is 0 Å². The molecular formula is C24H23N3O5S. The van der Waals surface area contributed by atoms with Crippen LogP contribution in [-0.4, -0.2) is 43.7 Å². The zero-order valence-corrected chi connectivity index (χ0v) is 19.2. The maximum Gasteiger partial charge on any atom is 0.343 e. The molecule has 0 fully saturated rings. The number of nitrogens with one attached hydrogen (secondary N) is 1. The first kappa shape index (κ1) is 23.8. The molecule has 0 radical (unpaired) electrons. The number of benzene rings is 2. The Hall–Kier alpha value is -3.82. The molecule has 0 spiro atoms. The number of carbonyl (C=O) groups excluding carboxylic acids is 2. The van der Waals surface area contributed by atoms with Gasteiger partial charge in [0.1, 0.15) is 11.6 Å². The molecule has 0 aliphatic rings. The average Bonchev–Trinajstić information content (AvgIpc) is 2.78. The second-order valence-corrected chi connectivity index (χ2v) is 9.41. The molecule has 0 aliphatic carbocycles. The van der Waals surface area contributed by atoms with Crippen LogP contribution < -0.4 is 10.1 Å². The summed E-state index contributed by atoms with van der Waals surface area (Å²) in [4.78, 5) is 27.7. The lowest BCUT2D eigenvalue weighted by molar-refractivity contribution is -0.114. The summed E-state index contributed by atoms with van der Waals surface area (Å²) < 4.78 is 30.7. The largest absolute Gasteiger partial charge is 0.423 e. The molecule has 1 amide bonds. The van der Waals surface area contributed by atoms with Gasteiger partial charge in [-0.15, -0.1) is 0 Å². The number of aromatic nitrogens is 1. The van der Waals surface area contributed by atoms with Crippen LogP contribution in [-0.2, 0) is 14.8 Å². The number of esters is 1. The minimum Gasteiger partial charge on any atom is -0.423 e. The molecule has 3 rings (SSSR count). The van der Waals surface area contributed by atoms with Crippen LogP contribution in [0.3, 0.4) is 0 Å². The fourth-order valence-corrected chi connectivity index (χ4v) is 3.68. The molecule has 1 N–H and O–H groups in total. The molecule has 1 aromatic heterocycles. The number of carbonyl (C=O) groups is 2. The SMILES string of the molecule is CC(=O)Nc1cc(/C=C/c2ccc(OC(=O)c3ccc(S(=O)(=O)N(C)C)cc3)cc2)ccn1. The van der Waals surface area contributed by atoms with Crippen molar-refractivity contribution in [1.82, 2.24) is 9.29 Å². The summed E-state index contributed by atoms with van der Waals surface area (Å²) in [6, 6.07) is 16.1. The molecular weight excluding hydrogens is 442 g/mol. The van der Waals surface area contributed by atoms with Gasteiger partial charge in [0.2, 0.25) is 15.9 Å². The van der Waals surface area contributed by atoms with E-state index in [0.29, 0.717) is 11.6 Å². The lowest BCUT2D eigenvalue weighted by Crippen LogP contribution is -2.22. The van der Waals surface area contributed by atoms with Crippen LogP contribution in [0.2, 0.25) is 0 Å². The number of amides is 1. The van der Waals surface area contributed by atoms with Crippen molar-refractivity contribution in [2.45, 2.75) is 11.8 Å². The van der Waals surface area contributed by atoms with Gasteiger partial charge in [0.15, 0.2) is 0 Å². The topological polar surface area (TPSA) is 106 Å². The molecule has 0 bridgehead atoms. The Kier molecular flexibility index (Phi) is 7.37. The summed E-state index contributed by atoms with van der Waals surface area (Å²) in [6.45, 7) is 1.42. The normalized spacial score (nSPS) is 11.5. The Morgan fingerprint density at radius 3 is 2.18 bits per heavy atom. The van der Waals surface area contributed by atoms with Crippen LogP contribution in [0.4, 0.5) is 5.82 Å². The van der Waals surface area contributed by atoms with Gasteiger partial charge in [-0.2, -0.15) is 0 Å². The van der Waals surface area contributed by atoms with Gasteiger partial charge in [-0.3, -0.25) is 4.79 Å². The maximum atomic E-state index is 12.4. The van der Waals surface area contributed by atoms with E-state index in [1.165, 1.54) is 45.3 Å². The van der Waals surface area contributed by atoms with E-state index in [9.17, 15) is 18.0 Å². The molecule has 3 aromatic rings. The van der Waals surface area contributed by atoms with E-state index in [0.717, 1.165) is 15.4 Å². The molecule has 9 heteroatoms. The van der Waals surface area contributed by atoms with Gasteiger partial charge in [-0.1, -0.05) is 24.3 Å². The minimum absolute atomic E-state index is 0.0959. The van der Waals surface area contributed by atoms with E-state index in [4.69, 9.17) is 4.74 Å². The van der Waals surface area contributed by atoms with Crippen molar-refractivity contribution in [3.8, 4) is 5.75 Å². The number of rotatable bonds is 7. The quantitative estimate of drug-likeness (QED) is 0.422. The first-order valence-electron chi connectivity index (χ1n) is 9.92. The van der Waals surface area contributed by atoms with Gasteiger partial charge in [0.25, 0.3) is 0 Å². The molecule has 0 saturated heterocycles. The zero-order valence-electron chi connectivity index (χ0n) is 18.3. The highest BCUT2D eigenvalue weighted by Crippen LogP contribution is 2.18. The number of nitrogens with zero attached hydrogens (tertiary/aromatic N) is 2. The molecule has 33 heavy (non-hydrogen) atoms. The third-order valence-corrected chi connectivity index (χ3v) is 6.34. The van der Waals surface area contributed by atoms with Gasteiger partial charge in [-0.05, 0) is 59.7 Å². The highest BCUT2D eigenvalue weighted by molar-refractivity contribution is 7.89.